The molecule has 0 radical (unpaired) electrons. The highest BCUT2D eigenvalue weighted by atomic mass is 16.2. The van der Waals surface area contributed by atoms with E-state index in [-0.39, 0.29) is 11.3 Å². The van der Waals surface area contributed by atoms with E-state index in [1.54, 1.807) is 0 Å². The second-order valence-corrected chi connectivity index (χ2v) is 9.56. The van der Waals surface area contributed by atoms with E-state index >= 15 is 0 Å². The van der Waals surface area contributed by atoms with E-state index < -0.39 is 0 Å². The average Bonchev–Trinajstić information content (AvgIpc) is 3.50. The summed E-state index contributed by atoms with van der Waals surface area (Å²) in [6, 6.07) is 6.51. The Morgan fingerprint density at radius 3 is 2.71 bits per heavy atom. The Morgan fingerprint density at radius 2 is 1.96 bits per heavy atom. The lowest BCUT2D eigenvalue weighted by atomic mass is 9.73. The fourth-order valence-electron chi connectivity index (χ4n) is 5.00. The van der Waals surface area contributed by atoms with Gasteiger partial charge >= 0.3 is 0 Å². The maximum Gasteiger partial charge on any atom is 0.222 e. The van der Waals surface area contributed by atoms with Crippen LogP contribution in [0.3, 0.4) is 0 Å². The molecule has 1 unspecified atom stereocenters. The van der Waals surface area contributed by atoms with Crippen LogP contribution in [0.4, 0.5) is 0 Å². The maximum absolute atomic E-state index is 12.9. The number of benzene rings is 1. The smallest absolute Gasteiger partial charge is 0.222 e. The SMILES string of the molecule is Cc1ccc(CCC(=O)N2CCCC3(CCC(=O)N(CC4CC4)C3)C2)cc1C. The van der Waals surface area contributed by atoms with Crippen molar-refractivity contribution in [2.24, 2.45) is 11.3 Å². The van der Waals surface area contributed by atoms with Gasteiger partial charge < -0.3 is 9.80 Å². The van der Waals surface area contributed by atoms with Crippen LogP contribution >= 0.6 is 0 Å². The molecule has 1 aliphatic carbocycles. The molecule has 152 valence electrons. The van der Waals surface area contributed by atoms with Crippen molar-refractivity contribution in [2.75, 3.05) is 26.2 Å². The van der Waals surface area contributed by atoms with Crippen LogP contribution < -0.4 is 0 Å². The number of piperidine rings is 2. The van der Waals surface area contributed by atoms with Gasteiger partial charge in [-0.15, -0.1) is 0 Å². The Kier molecular flexibility index (Phi) is 5.48. The van der Waals surface area contributed by atoms with Gasteiger partial charge in [0.15, 0.2) is 0 Å². The molecule has 1 atom stereocenters. The molecule has 2 aliphatic heterocycles. The number of hydrogen-bond donors (Lipinski definition) is 0. The molecular formula is C24H34N2O2. The van der Waals surface area contributed by atoms with Gasteiger partial charge in [-0.25, -0.2) is 0 Å². The van der Waals surface area contributed by atoms with Crippen LogP contribution in [0.2, 0.25) is 0 Å². The van der Waals surface area contributed by atoms with Crippen molar-refractivity contribution >= 4 is 11.8 Å². The van der Waals surface area contributed by atoms with E-state index in [1.807, 2.05) is 0 Å². The third-order valence-corrected chi connectivity index (χ3v) is 7.14. The Bertz CT molecular complexity index is 755. The van der Waals surface area contributed by atoms with Crippen LogP contribution in [0.1, 0.15) is 61.6 Å². The number of amides is 2. The first kappa shape index (κ1) is 19.5. The Hall–Kier alpha value is -1.84. The van der Waals surface area contributed by atoms with Crippen molar-refractivity contribution in [1.29, 1.82) is 0 Å². The van der Waals surface area contributed by atoms with E-state index in [0.717, 1.165) is 57.8 Å². The van der Waals surface area contributed by atoms with Gasteiger partial charge in [-0.2, -0.15) is 0 Å². The molecule has 2 saturated heterocycles. The maximum atomic E-state index is 12.9. The summed E-state index contributed by atoms with van der Waals surface area (Å²) in [7, 11) is 0. The first-order chi connectivity index (χ1) is 13.4. The van der Waals surface area contributed by atoms with Gasteiger partial charge in [-0.3, -0.25) is 9.59 Å². The van der Waals surface area contributed by atoms with E-state index in [1.165, 1.54) is 29.5 Å². The molecule has 1 aromatic carbocycles. The first-order valence-corrected chi connectivity index (χ1v) is 11.1. The standard InChI is InChI=1S/C24H34N2O2/c1-18-4-5-20(14-19(18)2)8-9-22(27)25-13-3-11-24(16-25)12-10-23(28)26(17-24)15-21-6-7-21/h4-5,14,21H,3,6-13,15-17H2,1-2H3. The largest absolute Gasteiger partial charge is 0.342 e. The number of aryl methyl sites for hydroxylation is 3. The average molecular weight is 383 g/mol. The van der Waals surface area contributed by atoms with Crippen molar-refractivity contribution in [3.63, 3.8) is 0 Å². The predicted molar refractivity (Wildman–Crippen MR) is 111 cm³/mol. The molecule has 0 bridgehead atoms. The van der Waals surface area contributed by atoms with Gasteiger partial charge in [-0.1, -0.05) is 18.2 Å². The van der Waals surface area contributed by atoms with E-state index in [9.17, 15) is 9.59 Å². The lowest BCUT2D eigenvalue weighted by molar-refractivity contribution is -0.143. The summed E-state index contributed by atoms with van der Waals surface area (Å²) in [6.45, 7) is 7.79. The molecule has 0 aromatic heterocycles. The van der Waals surface area contributed by atoms with E-state index in [0.29, 0.717) is 18.7 Å². The third-order valence-electron chi connectivity index (χ3n) is 7.14. The zero-order valence-electron chi connectivity index (χ0n) is 17.5. The molecular weight excluding hydrogens is 348 g/mol. The van der Waals surface area contributed by atoms with Crippen molar-refractivity contribution < 1.29 is 9.59 Å². The summed E-state index contributed by atoms with van der Waals surface area (Å²) < 4.78 is 0. The minimum atomic E-state index is 0.136. The molecule has 4 heteroatoms. The Morgan fingerprint density at radius 1 is 1.14 bits per heavy atom. The van der Waals surface area contributed by atoms with Gasteiger partial charge in [0, 0.05) is 44.4 Å². The fraction of sp³-hybridized carbons (Fsp3) is 0.667. The summed E-state index contributed by atoms with van der Waals surface area (Å²) in [4.78, 5) is 29.5. The molecule has 3 fully saturated rings. The lowest BCUT2D eigenvalue weighted by Crippen LogP contribution is -2.55. The second kappa shape index (κ2) is 7.88. The summed E-state index contributed by atoms with van der Waals surface area (Å²) in [6.07, 6.45) is 7.80. The molecule has 1 spiro atoms. The fourth-order valence-corrected chi connectivity index (χ4v) is 5.00. The van der Waals surface area contributed by atoms with Crippen LogP contribution in [0.5, 0.6) is 0 Å². The number of hydrogen-bond acceptors (Lipinski definition) is 2. The Labute approximate surface area is 169 Å². The van der Waals surface area contributed by atoms with E-state index in [4.69, 9.17) is 0 Å². The quantitative estimate of drug-likeness (QED) is 0.775. The molecule has 2 heterocycles. The highest BCUT2D eigenvalue weighted by Crippen LogP contribution is 2.40. The summed E-state index contributed by atoms with van der Waals surface area (Å²) in [5, 5.41) is 0. The predicted octanol–water partition coefficient (Wildman–Crippen LogP) is 3.88. The third kappa shape index (κ3) is 4.42. The van der Waals surface area contributed by atoms with Crippen molar-refractivity contribution in [3.8, 4) is 0 Å². The molecule has 1 saturated carbocycles. The Balaban J connectivity index is 1.35. The van der Waals surface area contributed by atoms with Crippen molar-refractivity contribution in [3.05, 3.63) is 34.9 Å². The van der Waals surface area contributed by atoms with E-state index in [2.05, 4.69) is 41.8 Å². The summed E-state index contributed by atoms with van der Waals surface area (Å²) in [5.41, 5.74) is 3.99. The first-order valence-electron chi connectivity index (χ1n) is 11.1. The molecule has 0 N–H and O–H groups in total. The number of carbonyl (C=O) groups is 2. The van der Waals surface area contributed by atoms with Crippen LogP contribution in [-0.2, 0) is 16.0 Å². The second-order valence-electron chi connectivity index (χ2n) is 9.56. The number of carbonyl (C=O) groups excluding carboxylic acids is 2. The highest BCUT2D eigenvalue weighted by Gasteiger charge is 2.43. The topological polar surface area (TPSA) is 40.6 Å². The van der Waals surface area contributed by atoms with Gasteiger partial charge in [0.2, 0.25) is 11.8 Å². The van der Waals surface area contributed by atoms with Crippen LogP contribution in [0.15, 0.2) is 18.2 Å². The highest BCUT2D eigenvalue weighted by molar-refractivity contribution is 5.78. The molecule has 28 heavy (non-hydrogen) atoms. The minimum Gasteiger partial charge on any atom is -0.342 e. The lowest BCUT2D eigenvalue weighted by Gasteiger charge is -2.48. The zero-order valence-corrected chi connectivity index (χ0v) is 17.5. The van der Waals surface area contributed by atoms with Crippen molar-refractivity contribution in [2.45, 2.75) is 65.2 Å². The van der Waals surface area contributed by atoms with Crippen molar-refractivity contribution in [1.82, 2.24) is 9.80 Å². The monoisotopic (exact) mass is 382 g/mol. The molecule has 2 amide bonds. The molecule has 4 rings (SSSR count). The number of nitrogens with zero attached hydrogens (tertiary/aromatic N) is 2. The van der Waals surface area contributed by atoms with Gasteiger partial charge in [0.25, 0.3) is 0 Å². The van der Waals surface area contributed by atoms with Gasteiger partial charge in [0.1, 0.15) is 0 Å². The number of rotatable bonds is 5. The summed E-state index contributed by atoms with van der Waals surface area (Å²) >= 11 is 0. The molecule has 3 aliphatic rings. The van der Waals surface area contributed by atoms with Crippen LogP contribution in [-0.4, -0.2) is 47.8 Å². The molecule has 4 nitrogen and oxygen atoms in total. The normalized spacial score (nSPS) is 25.4. The van der Waals surface area contributed by atoms with Gasteiger partial charge in [-0.05, 0) is 75.0 Å². The van der Waals surface area contributed by atoms with Gasteiger partial charge in [0.05, 0.1) is 0 Å². The van der Waals surface area contributed by atoms with Crippen LogP contribution in [0.25, 0.3) is 0 Å². The summed E-state index contributed by atoms with van der Waals surface area (Å²) in [5.74, 6) is 1.34. The molecule has 1 aromatic rings. The minimum absolute atomic E-state index is 0.136. The zero-order chi connectivity index (χ0) is 19.7. The van der Waals surface area contributed by atoms with Crippen LogP contribution in [0, 0.1) is 25.2 Å². The number of likely N-dealkylation sites (tertiary alicyclic amines) is 2.